The Bertz CT molecular complexity index is 1710. The van der Waals surface area contributed by atoms with Gasteiger partial charge in [-0.2, -0.15) is 10.2 Å². The molecule has 5 rings (SSSR count). The second-order valence-electron chi connectivity index (χ2n) is 8.14. The molecule has 0 fully saturated rings. The number of H-pyrrole nitrogens is 2. The zero-order valence-electron chi connectivity index (χ0n) is 18.8. The van der Waals surface area contributed by atoms with Gasteiger partial charge in [0.2, 0.25) is 0 Å². The van der Waals surface area contributed by atoms with Crippen LogP contribution < -0.4 is 0 Å². The molecule has 0 saturated heterocycles. The summed E-state index contributed by atoms with van der Waals surface area (Å²) in [6.45, 7) is 3.13. The van der Waals surface area contributed by atoms with Crippen LogP contribution >= 0.6 is 0 Å². The molecule has 0 aliphatic carbocycles. The number of hydrogen-bond acceptors (Lipinski definition) is 5. The van der Waals surface area contributed by atoms with E-state index in [1.807, 2.05) is 0 Å². The van der Waals surface area contributed by atoms with Crippen LogP contribution in [0.5, 0.6) is 0 Å². The summed E-state index contributed by atoms with van der Waals surface area (Å²) in [4.78, 5) is 6.97. The molecule has 180 valence electrons. The minimum absolute atomic E-state index is 0.0140. The number of benzene rings is 2. The Labute approximate surface area is 197 Å². The molecular weight excluding hydrogens is 481 g/mol. The van der Waals surface area contributed by atoms with Gasteiger partial charge in [0, 0.05) is 36.0 Å². The molecule has 35 heavy (non-hydrogen) atoms. The normalized spacial score (nSPS) is 12.1. The first kappa shape index (κ1) is 22.8. The number of imidazole rings is 1. The summed E-state index contributed by atoms with van der Waals surface area (Å²) in [5, 5.41) is 11.1. The fourth-order valence-electron chi connectivity index (χ4n) is 4.26. The molecule has 0 aliphatic rings. The third-order valence-electron chi connectivity index (χ3n) is 5.94. The predicted molar refractivity (Wildman–Crippen MR) is 123 cm³/mol. The molecular formula is C23H19F3N6O2S. The van der Waals surface area contributed by atoms with Crippen molar-refractivity contribution in [3.05, 3.63) is 71.1 Å². The van der Waals surface area contributed by atoms with Gasteiger partial charge in [-0.25, -0.2) is 26.6 Å². The Morgan fingerprint density at radius 3 is 2.49 bits per heavy atom. The molecule has 8 nitrogen and oxygen atoms in total. The van der Waals surface area contributed by atoms with Crippen LogP contribution in [0.4, 0.5) is 13.2 Å². The number of hydrogen-bond donors (Lipinski definition) is 2. The summed E-state index contributed by atoms with van der Waals surface area (Å²) in [5.74, 6) is -3.46. The largest absolute Gasteiger partial charge is 0.343 e. The quantitative estimate of drug-likeness (QED) is 0.373. The van der Waals surface area contributed by atoms with Gasteiger partial charge in [-0.15, -0.1) is 0 Å². The van der Waals surface area contributed by atoms with Gasteiger partial charge < -0.3 is 4.98 Å². The van der Waals surface area contributed by atoms with Crippen LogP contribution in [0, 0.1) is 31.3 Å². The van der Waals surface area contributed by atoms with Crippen molar-refractivity contribution in [2.75, 3.05) is 0 Å². The van der Waals surface area contributed by atoms with Crippen molar-refractivity contribution >= 4 is 20.7 Å². The van der Waals surface area contributed by atoms with E-state index in [9.17, 15) is 12.8 Å². The van der Waals surface area contributed by atoms with Crippen LogP contribution in [0.15, 0.2) is 41.6 Å². The monoisotopic (exact) mass is 500 g/mol. The fraction of sp³-hybridized carbons (Fsp3) is 0.174. The number of aromatic amines is 2. The first-order valence-corrected chi connectivity index (χ1v) is 12.1. The number of nitrogens with one attached hydrogen (secondary N) is 2. The molecule has 0 unspecified atom stereocenters. The zero-order chi connectivity index (χ0) is 25.1. The van der Waals surface area contributed by atoms with Crippen molar-refractivity contribution in [2.45, 2.75) is 24.5 Å². The average Bonchev–Trinajstić information content (AvgIpc) is 3.51. The van der Waals surface area contributed by atoms with Gasteiger partial charge in [0.05, 0.1) is 22.7 Å². The number of aryl methyl sites for hydroxylation is 2. The third kappa shape index (κ3) is 3.60. The number of rotatable bonds is 5. The van der Waals surface area contributed by atoms with Gasteiger partial charge in [0.1, 0.15) is 27.7 Å². The zero-order valence-corrected chi connectivity index (χ0v) is 19.6. The molecule has 3 heterocycles. The topological polar surface area (TPSA) is 109 Å². The van der Waals surface area contributed by atoms with Crippen molar-refractivity contribution in [2.24, 2.45) is 7.05 Å². The van der Waals surface area contributed by atoms with Crippen LogP contribution in [0.1, 0.15) is 17.0 Å². The number of sulfone groups is 1. The van der Waals surface area contributed by atoms with E-state index in [1.54, 1.807) is 20.2 Å². The Hall–Kier alpha value is -3.93. The van der Waals surface area contributed by atoms with E-state index in [0.717, 1.165) is 12.1 Å². The van der Waals surface area contributed by atoms with Crippen molar-refractivity contribution in [1.29, 1.82) is 0 Å². The Kier molecular flexibility index (Phi) is 5.28. The lowest BCUT2D eigenvalue weighted by atomic mass is 9.99. The summed E-state index contributed by atoms with van der Waals surface area (Å²) >= 11 is 0. The lowest BCUT2D eigenvalue weighted by molar-refractivity contribution is 0.570. The Balaban J connectivity index is 1.61. The maximum absolute atomic E-state index is 15.5. The summed E-state index contributed by atoms with van der Waals surface area (Å²) in [6.07, 6.45) is 3.11. The van der Waals surface area contributed by atoms with Crippen LogP contribution in [-0.2, 0) is 22.6 Å². The van der Waals surface area contributed by atoms with E-state index in [2.05, 4.69) is 25.3 Å². The summed E-state index contributed by atoms with van der Waals surface area (Å²) in [6, 6.07) is 4.68. The molecule has 0 bridgehead atoms. The van der Waals surface area contributed by atoms with Crippen LogP contribution in [0.3, 0.4) is 0 Å². The number of halogens is 3. The summed E-state index contributed by atoms with van der Waals surface area (Å²) in [7, 11) is -2.42. The molecule has 3 aromatic heterocycles. The van der Waals surface area contributed by atoms with Gasteiger partial charge in [-0.3, -0.25) is 9.78 Å². The first-order chi connectivity index (χ1) is 16.6. The van der Waals surface area contributed by atoms with Crippen LogP contribution in [0.2, 0.25) is 0 Å². The van der Waals surface area contributed by atoms with E-state index in [4.69, 9.17) is 0 Å². The van der Waals surface area contributed by atoms with Gasteiger partial charge in [-0.05, 0) is 26.0 Å². The van der Waals surface area contributed by atoms with Gasteiger partial charge >= 0.3 is 0 Å². The molecule has 0 amide bonds. The number of nitrogens with zero attached hydrogens (tertiary/aromatic N) is 4. The van der Waals surface area contributed by atoms with Crippen LogP contribution in [0.25, 0.3) is 33.5 Å². The number of fused-ring (bicyclic) bond motifs is 1. The summed E-state index contributed by atoms with van der Waals surface area (Å²) in [5.41, 5.74) is -0.382. The highest BCUT2D eigenvalue weighted by molar-refractivity contribution is 7.90. The highest BCUT2D eigenvalue weighted by Crippen LogP contribution is 2.36. The second-order valence-corrected chi connectivity index (χ2v) is 10.1. The van der Waals surface area contributed by atoms with E-state index in [-0.39, 0.29) is 27.2 Å². The minimum atomic E-state index is -4.02. The van der Waals surface area contributed by atoms with Gasteiger partial charge in [0.15, 0.2) is 21.5 Å². The summed E-state index contributed by atoms with van der Waals surface area (Å²) < 4.78 is 73.4. The molecule has 0 atom stereocenters. The molecule has 5 aromatic rings. The molecule has 0 spiro atoms. The van der Waals surface area contributed by atoms with Crippen molar-refractivity contribution in [1.82, 2.24) is 29.9 Å². The Morgan fingerprint density at radius 2 is 1.83 bits per heavy atom. The maximum atomic E-state index is 15.5. The fourth-order valence-corrected chi connectivity index (χ4v) is 6.11. The molecule has 0 radical (unpaired) electrons. The van der Waals surface area contributed by atoms with E-state index in [0.29, 0.717) is 22.6 Å². The Morgan fingerprint density at radius 1 is 1.06 bits per heavy atom. The van der Waals surface area contributed by atoms with Crippen LogP contribution in [-0.4, -0.2) is 38.4 Å². The standard InChI is InChI=1S/C23H19F3N6O2S/c1-11-22(12(2)32(3)31-11)35(33,34)10-13-4-7-16(24)17(18(13)25)14-5-6-15-20(19(14)26)29-30-21(15)23-27-8-9-28-23/h4-9H,10H2,1-3H3,(H,27,28)(H,29,30). The van der Waals surface area contributed by atoms with E-state index >= 15 is 8.78 Å². The molecule has 2 aromatic carbocycles. The lowest BCUT2D eigenvalue weighted by Gasteiger charge is -2.12. The minimum Gasteiger partial charge on any atom is -0.343 e. The third-order valence-corrected chi connectivity index (χ3v) is 7.84. The van der Waals surface area contributed by atoms with Gasteiger partial charge in [0.25, 0.3) is 0 Å². The van der Waals surface area contributed by atoms with Crippen molar-refractivity contribution in [3.63, 3.8) is 0 Å². The lowest BCUT2D eigenvalue weighted by Crippen LogP contribution is -2.10. The molecule has 0 aliphatic heterocycles. The highest BCUT2D eigenvalue weighted by atomic mass is 32.2. The number of aromatic nitrogens is 6. The van der Waals surface area contributed by atoms with Crippen molar-refractivity contribution in [3.8, 4) is 22.6 Å². The predicted octanol–water partition coefficient (Wildman–Crippen LogP) is 4.36. The molecule has 2 N–H and O–H groups in total. The highest BCUT2D eigenvalue weighted by Gasteiger charge is 2.28. The maximum Gasteiger partial charge on any atom is 0.186 e. The van der Waals surface area contributed by atoms with Gasteiger partial charge in [-0.1, -0.05) is 12.1 Å². The second kappa shape index (κ2) is 8.08. The molecule has 12 heteroatoms. The smallest absolute Gasteiger partial charge is 0.186 e. The average molecular weight is 501 g/mol. The van der Waals surface area contributed by atoms with Crippen molar-refractivity contribution < 1.29 is 21.6 Å². The van der Waals surface area contributed by atoms with E-state index in [1.165, 1.54) is 29.9 Å². The first-order valence-electron chi connectivity index (χ1n) is 10.5. The molecule has 0 saturated carbocycles. The SMILES string of the molecule is Cc1nn(C)c(C)c1S(=O)(=O)Cc1ccc(F)c(-c2ccc3c(-c4ncc[nH]4)[nH]nc3c2F)c1F. The van der Waals surface area contributed by atoms with E-state index < -0.39 is 38.6 Å².